The van der Waals surface area contributed by atoms with Crippen LogP contribution >= 0.6 is 11.6 Å². The van der Waals surface area contributed by atoms with Gasteiger partial charge in [0.05, 0.1) is 5.02 Å². The smallest absolute Gasteiger partial charge is 0.271 e. The van der Waals surface area contributed by atoms with Crippen molar-refractivity contribution in [1.82, 2.24) is 5.43 Å². The third kappa shape index (κ3) is 3.11. The highest BCUT2D eigenvalue weighted by molar-refractivity contribution is 6.32. The zero-order valence-electron chi connectivity index (χ0n) is 8.63. The summed E-state index contributed by atoms with van der Waals surface area (Å²) >= 11 is 5.94. The van der Waals surface area contributed by atoms with Crippen LogP contribution in [0.5, 0.6) is 5.75 Å². The van der Waals surface area contributed by atoms with E-state index in [4.69, 9.17) is 22.2 Å². The van der Waals surface area contributed by atoms with Gasteiger partial charge in [-0.25, -0.2) is 5.84 Å². The van der Waals surface area contributed by atoms with Gasteiger partial charge in [0.1, 0.15) is 5.75 Å². The van der Waals surface area contributed by atoms with Gasteiger partial charge in [-0.05, 0) is 37.1 Å². The van der Waals surface area contributed by atoms with E-state index in [9.17, 15) is 4.79 Å². The van der Waals surface area contributed by atoms with Gasteiger partial charge >= 0.3 is 0 Å². The summed E-state index contributed by atoms with van der Waals surface area (Å²) in [6, 6.07) is 3.59. The molecule has 0 aromatic heterocycles. The molecule has 0 heterocycles. The summed E-state index contributed by atoms with van der Waals surface area (Å²) in [6.07, 6.45) is 0. The first-order chi connectivity index (χ1) is 7.04. The highest BCUT2D eigenvalue weighted by Crippen LogP contribution is 2.27. The maximum atomic E-state index is 10.8. The number of aryl methyl sites for hydroxylation is 2. The minimum absolute atomic E-state index is 0.140. The van der Waals surface area contributed by atoms with Gasteiger partial charge < -0.3 is 4.74 Å². The summed E-state index contributed by atoms with van der Waals surface area (Å²) in [5.41, 5.74) is 4.11. The van der Waals surface area contributed by atoms with E-state index in [1.54, 1.807) is 12.1 Å². The molecule has 0 unspecified atom stereocenters. The molecule has 5 heteroatoms. The van der Waals surface area contributed by atoms with Crippen LogP contribution in [0.2, 0.25) is 5.02 Å². The van der Waals surface area contributed by atoms with E-state index in [1.807, 2.05) is 19.3 Å². The molecule has 0 radical (unpaired) electrons. The number of carbonyl (C=O) groups excluding carboxylic acids is 1. The number of hydrazine groups is 1. The van der Waals surface area contributed by atoms with Crippen LogP contribution in [0.1, 0.15) is 11.1 Å². The lowest BCUT2D eigenvalue weighted by molar-refractivity contribution is -0.123. The number of ether oxygens (including phenoxy) is 1. The van der Waals surface area contributed by atoms with Gasteiger partial charge in [0.15, 0.2) is 6.61 Å². The maximum absolute atomic E-state index is 10.8. The monoisotopic (exact) mass is 228 g/mol. The van der Waals surface area contributed by atoms with Crippen molar-refractivity contribution in [2.45, 2.75) is 13.8 Å². The molecule has 0 atom stereocenters. The van der Waals surface area contributed by atoms with Crippen LogP contribution < -0.4 is 16.0 Å². The van der Waals surface area contributed by atoms with Crippen LogP contribution in [-0.2, 0) is 4.79 Å². The van der Waals surface area contributed by atoms with E-state index < -0.39 is 5.91 Å². The summed E-state index contributed by atoms with van der Waals surface area (Å²) in [5, 5.41) is 0.489. The average molecular weight is 229 g/mol. The quantitative estimate of drug-likeness (QED) is 0.466. The highest BCUT2D eigenvalue weighted by atomic mass is 35.5. The number of benzene rings is 1. The molecule has 0 bridgehead atoms. The zero-order chi connectivity index (χ0) is 11.4. The van der Waals surface area contributed by atoms with Crippen molar-refractivity contribution in [3.05, 3.63) is 28.3 Å². The number of nitrogens with one attached hydrogen (secondary N) is 1. The van der Waals surface area contributed by atoms with E-state index >= 15 is 0 Å². The first kappa shape index (κ1) is 11.8. The average Bonchev–Trinajstić information content (AvgIpc) is 2.21. The summed E-state index contributed by atoms with van der Waals surface area (Å²) < 4.78 is 5.20. The standard InChI is InChI=1S/C10H13ClN2O2/c1-6-3-8(11)9(4-7(6)2)15-5-10(14)13-12/h3-4H,5,12H2,1-2H3,(H,13,14). The van der Waals surface area contributed by atoms with Crippen molar-refractivity contribution in [3.8, 4) is 5.75 Å². The predicted octanol–water partition coefficient (Wildman–Crippen LogP) is 1.33. The van der Waals surface area contributed by atoms with Gasteiger partial charge in [0, 0.05) is 0 Å². The summed E-state index contributed by atoms with van der Waals surface area (Å²) in [7, 11) is 0. The van der Waals surface area contributed by atoms with E-state index in [1.165, 1.54) is 0 Å². The minimum Gasteiger partial charge on any atom is -0.482 e. The molecule has 1 aromatic rings. The van der Waals surface area contributed by atoms with Gasteiger partial charge in [-0.3, -0.25) is 10.2 Å². The fourth-order valence-electron chi connectivity index (χ4n) is 1.05. The first-order valence-corrected chi connectivity index (χ1v) is 4.81. The van der Waals surface area contributed by atoms with Crippen LogP contribution in [0.3, 0.4) is 0 Å². The number of halogens is 1. The van der Waals surface area contributed by atoms with Gasteiger partial charge in [0.25, 0.3) is 5.91 Å². The third-order valence-electron chi connectivity index (χ3n) is 2.07. The highest BCUT2D eigenvalue weighted by Gasteiger charge is 2.06. The Hall–Kier alpha value is -1.26. The van der Waals surface area contributed by atoms with Crippen molar-refractivity contribution >= 4 is 17.5 Å². The largest absolute Gasteiger partial charge is 0.482 e. The number of hydrogen-bond donors (Lipinski definition) is 2. The molecule has 1 aromatic carbocycles. The topological polar surface area (TPSA) is 64.3 Å². The second-order valence-corrected chi connectivity index (χ2v) is 3.63. The molecule has 0 aliphatic heterocycles. The maximum Gasteiger partial charge on any atom is 0.271 e. The fourth-order valence-corrected chi connectivity index (χ4v) is 1.32. The molecule has 1 amide bonds. The Morgan fingerprint density at radius 1 is 1.47 bits per heavy atom. The van der Waals surface area contributed by atoms with Crippen molar-refractivity contribution in [2.75, 3.05) is 6.61 Å². The Bertz CT molecular complexity index is 380. The Balaban J connectivity index is 2.77. The number of carbonyl (C=O) groups is 1. The summed E-state index contributed by atoms with van der Waals surface area (Å²) in [6.45, 7) is 3.76. The lowest BCUT2D eigenvalue weighted by Crippen LogP contribution is -2.34. The molecular formula is C10H13ClN2O2. The lowest BCUT2D eigenvalue weighted by Gasteiger charge is -2.09. The molecule has 0 aliphatic rings. The van der Waals surface area contributed by atoms with Crippen LogP contribution in [0.15, 0.2) is 12.1 Å². The Morgan fingerprint density at radius 3 is 2.67 bits per heavy atom. The second kappa shape index (κ2) is 5.00. The van der Waals surface area contributed by atoms with Gasteiger partial charge in [-0.15, -0.1) is 0 Å². The Morgan fingerprint density at radius 2 is 2.07 bits per heavy atom. The van der Waals surface area contributed by atoms with Crippen molar-refractivity contribution in [1.29, 1.82) is 0 Å². The Kier molecular flexibility index (Phi) is 3.94. The van der Waals surface area contributed by atoms with Crippen molar-refractivity contribution in [3.63, 3.8) is 0 Å². The molecule has 4 nitrogen and oxygen atoms in total. The first-order valence-electron chi connectivity index (χ1n) is 4.43. The number of nitrogens with two attached hydrogens (primary N) is 1. The number of hydrogen-bond acceptors (Lipinski definition) is 3. The van der Waals surface area contributed by atoms with Gasteiger partial charge in [-0.2, -0.15) is 0 Å². The van der Waals surface area contributed by atoms with Crippen molar-refractivity contribution < 1.29 is 9.53 Å². The molecule has 15 heavy (non-hydrogen) atoms. The van der Waals surface area contributed by atoms with Crippen LogP contribution in [0.25, 0.3) is 0 Å². The molecule has 82 valence electrons. The lowest BCUT2D eigenvalue weighted by atomic mass is 10.1. The molecule has 0 spiro atoms. The van der Waals surface area contributed by atoms with Crippen LogP contribution in [0, 0.1) is 13.8 Å². The fraction of sp³-hybridized carbons (Fsp3) is 0.300. The molecule has 0 saturated heterocycles. The summed E-state index contributed by atoms with van der Waals surface area (Å²) in [4.78, 5) is 10.8. The van der Waals surface area contributed by atoms with E-state index in [0.29, 0.717) is 10.8 Å². The predicted molar refractivity (Wildman–Crippen MR) is 58.8 cm³/mol. The number of amides is 1. The molecule has 3 N–H and O–H groups in total. The van der Waals surface area contributed by atoms with Gasteiger partial charge in [0.2, 0.25) is 0 Å². The zero-order valence-corrected chi connectivity index (χ0v) is 9.39. The van der Waals surface area contributed by atoms with E-state index in [-0.39, 0.29) is 6.61 Å². The second-order valence-electron chi connectivity index (χ2n) is 3.22. The Labute approximate surface area is 93.3 Å². The summed E-state index contributed by atoms with van der Waals surface area (Å²) in [5.74, 6) is 5.01. The molecular weight excluding hydrogens is 216 g/mol. The molecule has 1 rings (SSSR count). The SMILES string of the molecule is Cc1cc(Cl)c(OCC(=O)NN)cc1C. The number of rotatable bonds is 3. The van der Waals surface area contributed by atoms with Crippen LogP contribution in [-0.4, -0.2) is 12.5 Å². The normalized spacial score (nSPS) is 9.87. The van der Waals surface area contributed by atoms with E-state index in [2.05, 4.69) is 0 Å². The van der Waals surface area contributed by atoms with Crippen molar-refractivity contribution in [2.24, 2.45) is 5.84 Å². The minimum atomic E-state index is -0.399. The molecule has 0 fully saturated rings. The van der Waals surface area contributed by atoms with E-state index in [0.717, 1.165) is 11.1 Å². The van der Waals surface area contributed by atoms with Gasteiger partial charge in [-0.1, -0.05) is 11.6 Å². The van der Waals surface area contributed by atoms with Crippen LogP contribution in [0.4, 0.5) is 0 Å². The molecule has 0 saturated carbocycles. The molecule has 0 aliphatic carbocycles. The third-order valence-corrected chi connectivity index (χ3v) is 2.36.